The monoisotopic (exact) mass is 621 g/mol. The number of carbonyl (C=O) groups is 2. The van der Waals surface area contributed by atoms with Crippen LogP contribution in [0.1, 0.15) is 48.1 Å². The Morgan fingerprint density at radius 3 is 2.18 bits per heavy atom. The van der Waals surface area contributed by atoms with Crippen molar-refractivity contribution in [3.8, 4) is 22.9 Å². The lowest BCUT2D eigenvalue weighted by molar-refractivity contribution is -0.113. The minimum absolute atomic E-state index is 0.000396. The first-order chi connectivity index (χ1) is 21.2. The Morgan fingerprint density at radius 2 is 1.55 bits per heavy atom. The van der Waals surface area contributed by atoms with Crippen molar-refractivity contribution in [2.75, 3.05) is 30.9 Å². The number of anilines is 1. The average Bonchev–Trinajstić information content (AvgIpc) is 3.41. The Morgan fingerprint density at radius 1 is 0.886 bits per heavy atom. The number of ether oxygens (including phenoxy) is 3. The number of hydrogen-bond donors (Lipinski definition) is 2. The van der Waals surface area contributed by atoms with Gasteiger partial charge in [0.2, 0.25) is 11.7 Å². The maximum absolute atomic E-state index is 13.8. The number of halogens is 1. The van der Waals surface area contributed by atoms with Crippen molar-refractivity contribution in [2.24, 2.45) is 0 Å². The first-order valence-corrected chi connectivity index (χ1v) is 15.3. The van der Waals surface area contributed by atoms with E-state index in [0.29, 0.717) is 59.3 Å². The molecule has 1 heterocycles. The van der Waals surface area contributed by atoms with Crippen LogP contribution in [0.5, 0.6) is 17.2 Å². The summed E-state index contributed by atoms with van der Waals surface area (Å²) in [5, 5.41) is 14.8. The van der Waals surface area contributed by atoms with Crippen molar-refractivity contribution in [3.05, 3.63) is 82.9 Å². The van der Waals surface area contributed by atoms with Gasteiger partial charge in [-0.05, 0) is 88.2 Å². The van der Waals surface area contributed by atoms with E-state index in [1.165, 1.54) is 23.9 Å². The Balaban J connectivity index is 1.55. The molecule has 232 valence electrons. The van der Waals surface area contributed by atoms with Crippen molar-refractivity contribution in [1.29, 1.82) is 0 Å². The van der Waals surface area contributed by atoms with Crippen molar-refractivity contribution < 1.29 is 28.2 Å². The second-order valence-corrected chi connectivity index (χ2v) is 10.6. The van der Waals surface area contributed by atoms with Gasteiger partial charge in [0.05, 0.1) is 32.1 Å². The number of benzene rings is 3. The maximum Gasteiger partial charge on any atom is 0.251 e. The molecule has 0 saturated carbocycles. The fourth-order valence-electron chi connectivity index (χ4n) is 4.33. The summed E-state index contributed by atoms with van der Waals surface area (Å²) in [5.74, 6) is 0.685. The second-order valence-electron chi connectivity index (χ2n) is 9.65. The molecule has 4 aromatic rings. The van der Waals surface area contributed by atoms with Gasteiger partial charge < -0.3 is 24.8 Å². The van der Waals surface area contributed by atoms with E-state index in [-0.39, 0.29) is 18.2 Å². The minimum Gasteiger partial charge on any atom is -0.490 e. The van der Waals surface area contributed by atoms with Gasteiger partial charge in [-0.2, -0.15) is 0 Å². The maximum atomic E-state index is 13.8. The molecule has 0 aliphatic rings. The van der Waals surface area contributed by atoms with E-state index >= 15 is 0 Å². The smallest absolute Gasteiger partial charge is 0.251 e. The third-order valence-corrected chi connectivity index (χ3v) is 7.29. The summed E-state index contributed by atoms with van der Waals surface area (Å²) < 4.78 is 32.7. The molecule has 44 heavy (non-hydrogen) atoms. The van der Waals surface area contributed by atoms with Crippen molar-refractivity contribution in [1.82, 2.24) is 20.1 Å². The molecular weight excluding hydrogens is 585 g/mol. The molecule has 4 rings (SSSR count). The molecule has 0 bridgehead atoms. The lowest BCUT2D eigenvalue weighted by atomic mass is 10.1. The summed E-state index contributed by atoms with van der Waals surface area (Å²) in [7, 11) is 0. The summed E-state index contributed by atoms with van der Waals surface area (Å²) in [6, 6.07) is 14.9. The molecular formula is C32H36FN5O5S. The van der Waals surface area contributed by atoms with Gasteiger partial charge in [-0.25, -0.2) is 4.39 Å². The zero-order valence-electron chi connectivity index (χ0n) is 25.4. The van der Waals surface area contributed by atoms with Crippen molar-refractivity contribution in [2.45, 2.75) is 46.3 Å². The topological polar surface area (TPSA) is 117 Å². The normalized spacial score (nSPS) is 10.8. The van der Waals surface area contributed by atoms with Crippen LogP contribution in [-0.4, -0.2) is 52.2 Å². The Bertz CT molecular complexity index is 1580. The highest BCUT2D eigenvalue weighted by Crippen LogP contribution is 2.39. The largest absolute Gasteiger partial charge is 0.490 e. The number of rotatable bonds is 14. The number of carbonyl (C=O) groups excluding carboxylic acids is 2. The van der Waals surface area contributed by atoms with Crippen LogP contribution in [-0.2, 0) is 11.3 Å². The number of thioether (sulfide) groups is 1. The van der Waals surface area contributed by atoms with Gasteiger partial charge in [-0.15, -0.1) is 10.2 Å². The minimum atomic E-state index is -0.399. The van der Waals surface area contributed by atoms with Crippen molar-refractivity contribution in [3.63, 3.8) is 0 Å². The van der Waals surface area contributed by atoms with Crippen LogP contribution in [0.25, 0.3) is 5.69 Å². The Labute approximate surface area is 260 Å². The zero-order chi connectivity index (χ0) is 31.6. The predicted octanol–water partition coefficient (Wildman–Crippen LogP) is 5.88. The molecule has 0 spiro atoms. The van der Waals surface area contributed by atoms with E-state index in [4.69, 9.17) is 14.2 Å². The van der Waals surface area contributed by atoms with E-state index < -0.39 is 11.7 Å². The van der Waals surface area contributed by atoms with Gasteiger partial charge in [-0.1, -0.05) is 23.9 Å². The molecule has 1 aromatic heterocycles. The fourth-order valence-corrected chi connectivity index (χ4v) is 5.10. The van der Waals surface area contributed by atoms with E-state index in [9.17, 15) is 14.0 Å². The quantitative estimate of drug-likeness (QED) is 0.168. The highest BCUT2D eigenvalue weighted by Gasteiger charge is 2.21. The SMILES string of the molecule is CCOc1cc(C(=O)NCc2nnc(SCC(=O)Nc3cc(C)ccc3C)n2-c2ccc(F)cc2)cc(OCC)c1OCC. The average molecular weight is 622 g/mol. The Kier molecular flexibility index (Phi) is 11.2. The van der Waals surface area contributed by atoms with Crippen LogP contribution in [0, 0.1) is 19.7 Å². The lowest BCUT2D eigenvalue weighted by Crippen LogP contribution is -2.25. The molecule has 0 aliphatic heterocycles. The standard InChI is InChI=1S/C32H36FN5O5S/c1-6-41-26-16-22(17-27(42-7-2)30(26)43-8-3)31(40)34-18-28-36-37-32(38(28)24-13-11-23(33)12-14-24)44-19-29(39)35-25-15-20(4)9-10-21(25)5/h9-17H,6-8,18-19H2,1-5H3,(H,34,40)(H,35,39). The molecule has 3 aromatic carbocycles. The number of aromatic nitrogens is 3. The molecule has 0 atom stereocenters. The van der Waals surface area contributed by atoms with Crippen LogP contribution < -0.4 is 24.8 Å². The third kappa shape index (κ3) is 8.07. The van der Waals surface area contributed by atoms with Crippen LogP contribution >= 0.6 is 11.8 Å². The molecule has 0 radical (unpaired) electrons. The van der Waals surface area contributed by atoms with Crippen LogP contribution in [0.15, 0.2) is 59.8 Å². The molecule has 0 fully saturated rings. The molecule has 0 aliphatic carbocycles. The molecule has 10 nitrogen and oxygen atoms in total. The fraction of sp³-hybridized carbons (Fsp3) is 0.312. The van der Waals surface area contributed by atoms with E-state index in [1.807, 2.05) is 52.8 Å². The lowest BCUT2D eigenvalue weighted by Gasteiger charge is -2.17. The van der Waals surface area contributed by atoms with Gasteiger partial charge >= 0.3 is 0 Å². The number of nitrogens with zero attached hydrogens (tertiary/aromatic N) is 3. The third-order valence-electron chi connectivity index (χ3n) is 6.36. The highest BCUT2D eigenvalue weighted by molar-refractivity contribution is 7.99. The second kappa shape index (κ2) is 15.2. The summed E-state index contributed by atoms with van der Waals surface area (Å²) in [4.78, 5) is 26.1. The summed E-state index contributed by atoms with van der Waals surface area (Å²) >= 11 is 1.18. The first kappa shape index (κ1) is 32.3. The van der Waals surface area contributed by atoms with Gasteiger partial charge in [0, 0.05) is 16.9 Å². The molecule has 0 saturated heterocycles. The molecule has 2 N–H and O–H groups in total. The van der Waals surface area contributed by atoms with Crippen LogP contribution in [0.3, 0.4) is 0 Å². The first-order valence-electron chi connectivity index (χ1n) is 14.3. The molecule has 2 amide bonds. The molecule has 0 unspecified atom stereocenters. The van der Waals surface area contributed by atoms with Crippen molar-refractivity contribution >= 4 is 29.3 Å². The predicted molar refractivity (Wildman–Crippen MR) is 168 cm³/mol. The Hall–Kier alpha value is -4.58. The van der Waals surface area contributed by atoms with E-state index in [1.54, 1.807) is 28.8 Å². The summed E-state index contributed by atoms with van der Waals surface area (Å²) in [6.07, 6.45) is 0. The van der Waals surface area contributed by atoms with Gasteiger partial charge in [-0.3, -0.25) is 14.2 Å². The zero-order valence-corrected chi connectivity index (χ0v) is 26.2. The van der Waals surface area contributed by atoms with Gasteiger partial charge in [0.25, 0.3) is 5.91 Å². The number of aryl methyl sites for hydroxylation is 2. The highest BCUT2D eigenvalue weighted by atomic mass is 32.2. The van der Waals surface area contributed by atoms with Gasteiger partial charge in [0.15, 0.2) is 22.5 Å². The van der Waals surface area contributed by atoms with E-state index in [2.05, 4.69) is 20.8 Å². The van der Waals surface area contributed by atoms with Crippen LogP contribution in [0.4, 0.5) is 10.1 Å². The number of hydrogen-bond acceptors (Lipinski definition) is 8. The van der Waals surface area contributed by atoms with Gasteiger partial charge in [0.1, 0.15) is 5.82 Å². The molecule has 12 heteroatoms. The van der Waals surface area contributed by atoms with E-state index in [0.717, 1.165) is 16.8 Å². The summed E-state index contributed by atoms with van der Waals surface area (Å²) in [5.41, 5.74) is 3.63. The number of nitrogens with one attached hydrogen (secondary N) is 2. The van der Waals surface area contributed by atoms with Crippen LogP contribution in [0.2, 0.25) is 0 Å². The summed E-state index contributed by atoms with van der Waals surface area (Å²) in [6.45, 7) is 10.6. The number of amides is 2.